The smallest absolute Gasteiger partial charge is 0.258 e. The van der Waals surface area contributed by atoms with Gasteiger partial charge in [0.05, 0.1) is 0 Å². The molecule has 1 atom stereocenters. The Hall–Kier alpha value is -1.84. The highest BCUT2D eigenvalue weighted by Gasteiger charge is 2.49. The van der Waals surface area contributed by atoms with Gasteiger partial charge in [-0.05, 0) is 30.0 Å². The molecule has 1 saturated carbocycles. The van der Waals surface area contributed by atoms with Gasteiger partial charge in [0.25, 0.3) is 5.89 Å². The Kier molecular flexibility index (Phi) is 2.02. The zero-order valence-electron chi connectivity index (χ0n) is 9.97. The van der Waals surface area contributed by atoms with Crippen molar-refractivity contribution < 1.29 is 4.52 Å². The fourth-order valence-electron chi connectivity index (χ4n) is 2.07. The summed E-state index contributed by atoms with van der Waals surface area (Å²) < 4.78 is 5.28. The van der Waals surface area contributed by atoms with Crippen LogP contribution in [-0.4, -0.2) is 10.1 Å². The molecule has 0 spiro atoms. The Labute approximate surface area is 99.8 Å². The lowest BCUT2D eigenvalue weighted by atomic mass is 10.1. The fourth-order valence-corrected chi connectivity index (χ4v) is 2.07. The van der Waals surface area contributed by atoms with Crippen LogP contribution in [0.5, 0.6) is 0 Å². The number of benzene rings is 1. The zero-order chi connectivity index (χ0) is 12.0. The number of nitrogens with two attached hydrogens (primary N) is 1. The maximum absolute atomic E-state index is 5.73. The van der Waals surface area contributed by atoms with Gasteiger partial charge in [-0.2, -0.15) is 4.98 Å². The van der Waals surface area contributed by atoms with Crippen LogP contribution in [0, 0.1) is 5.41 Å². The Morgan fingerprint density at radius 3 is 2.82 bits per heavy atom. The van der Waals surface area contributed by atoms with Gasteiger partial charge in [0, 0.05) is 17.2 Å². The van der Waals surface area contributed by atoms with Gasteiger partial charge < -0.3 is 10.3 Å². The minimum Gasteiger partial charge on any atom is -0.399 e. The van der Waals surface area contributed by atoms with Gasteiger partial charge in [-0.3, -0.25) is 0 Å². The fraction of sp³-hybridized carbons (Fsp3) is 0.385. The summed E-state index contributed by atoms with van der Waals surface area (Å²) in [5.41, 5.74) is 7.62. The molecule has 1 unspecified atom stereocenters. The van der Waals surface area contributed by atoms with Crippen LogP contribution < -0.4 is 5.73 Å². The molecule has 1 aromatic heterocycles. The monoisotopic (exact) mass is 229 g/mol. The molecule has 4 heteroatoms. The normalized spacial score (nSPS) is 21.4. The van der Waals surface area contributed by atoms with E-state index in [1.165, 1.54) is 0 Å². The van der Waals surface area contributed by atoms with Crippen molar-refractivity contribution in [1.82, 2.24) is 10.1 Å². The number of aromatic nitrogens is 2. The lowest BCUT2D eigenvalue weighted by molar-refractivity contribution is 0.419. The SMILES string of the molecule is CC1(C)CC1c1noc(-c2cccc(N)c2)n1. The predicted molar refractivity (Wildman–Crippen MR) is 65.3 cm³/mol. The molecule has 1 aromatic carbocycles. The van der Waals surface area contributed by atoms with Gasteiger partial charge in [-0.15, -0.1) is 0 Å². The molecule has 0 radical (unpaired) electrons. The van der Waals surface area contributed by atoms with Crippen molar-refractivity contribution in [3.8, 4) is 11.5 Å². The number of hydrogen-bond acceptors (Lipinski definition) is 4. The average molecular weight is 229 g/mol. The topological polar surface area (TPSA) is 64.9 Å². The van der Waals surface area contributed by atoms with E-state index in [0.29, 0.717) is 22.9 Å². The summed E-state index contributed by atoms with van der Waals surface area (Å²) in [4.78, 5) is 4.45. The minimum atomic E-state index is 0.316. The number of rotatable bonds is 2. The van der Waals surface area contributed by atoms with Gasteiger partial charge in [0.15, 0.2) is 5.82 Å². The van der Waals surface area contributed by atoms with Crippen LogP contribution in [0.2, 0.25) is 0 Å². The molecular weight excluding hydrogens is 214 g/mol. The molecule has 0 saturated heterocycles. The number of nitrogens with zero attached hydrogens (tertiary/aromatic N) is 2. The molecule has 0 amide bonds. The second-order valence-electron chi connectivity index (χ2n) is 5.33. The van der Waals surface area contributed by atoms with Gasteiger partial charge in [-0.1, -0.05) is 25.1 Å². The molecule has 17 heavy (non-hydrogen) atoms. The first-order valence-corrected chi connectivity index (χ1v) is 5.76. The van der Waals surface area contributed by atoms with E-state index in [4.69, 9.17) is 10.3 Å². The van der Waals surface area contributed by atoms with E-state index in [2.05, 4.69) is 24.0 Å². The van der Waals surface area contributed by atoms with E-state index in [-0.39, 0.29) is 0 Å². The molecule has 0 aliphatic heterocycles. The highest BCUT2D eigenvalue weighted by Crippen LogP contribution is 2.57. The Morgan fingerprint density at radius 2 is 2.18 bits per heavy atom. The quantitative estimate of drug-likeness (QED) is 0.804. The van der Waals surface area contributed by atoms with E-state index >= 15 is 0 Å². The Balaban J connectivity index is 1.91. The number of anilines is 1. The van der Waals surface area contributed by atoms with Crippen molar-refractivity contribution in [1.29, 1.82) is 0 Å². The van der Waals surface area contributed by atoms with Crippen molar-refractivity contribution in [2.75, 3.05) is 5.73 Å². The van der Waals surface area contributed by atoms with Crippen LogP contribution in [0.15, 0.2) is 28.8 Å². The molecule has 88 valence electrons. The van der Waals surface area contributed by atoms with Crippen molar-refractivity contribution >= 4 is 5.69 Å². The van der Waals surface area contributed by atoms with Crippen LogP contribution >= 0.6 is 0 Å². The first-order valence-electron chi connectivity index (χ1n) is 5.76. The third kappa shape index (κ3) is 1.79. The molecule has 0 bridgehead atoms. The summed E-state index contributed by atoms with van der Waals surface area (Å²) >= 11 is 0. The summed E-state index contributed by atoms with van der Waals surface area (Å²) in [6, 6.07) is 7.49. The van der Waals surface area contributed by atoms with E-state index < -0.39 is 0 Å². The maximum atomic E-state index is 5.73. The molecule has 1 fully saturated rings. The maximum Gasteiger partial charge on any atom is 0.258 e. The van der Waals surface area contributed by atoms with Crippen molar-refractivity contribution in [3.05, 3.63) is 30.1 Å². The lowest BCUT2D eigenvalue weighted by Crippen LogP contribution is -1.92. The summed E-state index contributed by atoms with van der Waals surface area (Å²) in [5, 5.41) is 4.05. The zero-order valence-corrected chi connectivity index (χ0v) is 9.97. The van der Waals surface area contributed by atoms with Gasteiger partial charge in [-0.25, -0.2) is 0 Å². The summed E-state index contributed by atoms with van der Waals surface area (Å²) in [6.45, 7) is 4.43. The van der Waals surface area contributed by atoms with Gasteiger partial charge in [0.2, 0.25) is 0 Å². The molecule has 1 aliphatic carbocycles. The van der Waals surface area contributed by atoms with Gasteiger partial charge in [0.1, 0.15) is 0 Å². The first kappa shape index (κ1) is 10.3. The predicted octanol–water partition coefficient (Wildman–Crippen LogP) is 2.83. The molecule has 2 aromatic rings. The highest BCUT2D eigenvalue weighted by atomic mass is 16.5. The summed E-state index contributed by atoms with van der Waals surface area (Å²) in [5.74, 6) is 1.79. The first-order chi connectivity index (χ1) is 8.06. The van der Waals surface area contributed by atoms with Crippen molar-refractivity contribution in [2.24, 2.45) is 5.41 Å². The number of hydrogen-bond donors (Lipinski definition) is 1. The number of nitrogen functional groups attached to an aromatic ring is 1. The standard InChI is InChI=1S/C13H15N3O/c1-13(2)7-10(13)11-15-12(17-16-11)8-4-3-5-9(14)6-8/h3-6,10H,7,14H2,1-2H3. The van der Waals surface area contributed by atoms with E-state index in [1.807, 2.05) is 24.3 Å². The van der Waals surface area contributed by atoms with E-state index in [0.717, 1.165) is 17.8 Å². The van der Waals surface area contributed by atoms with Crippen LogP contribution in [0.3, 0.4) is 0 Å². The van der Waals surface area contributed by atoms with Crippen LogP contribution in [0.1, 0.15) is 32.0 Å². The lowest BCUT2D eigenvalue weighted by Gasteiger charge is -1.96. The highest BCUT2D eigenvalue weighted by molar-refractivity contribution is 5.59. The van der Waals surface area contributed by atoms with Crippen LogP contribution in [-0.2, 0) is 0 Å². The van der Waals surface area contributed by atoms with Gasteiger partial charge >= 0.3 is 0 Å². The molecule has 2 N–H and O–H groups in total. The summed E-state index contributed by atoms with van der Waals surface area (Å²) in [7, 11) is 0. The molecule has 3 rings (SSSR count). The third-order valence-electron chi connectivity index (χ3n) is 3.40. The molecular formula is C13H15N3O. The Bertz CT molecular complexity index is 559. The third-order valence-corrected chi connectivity index (χ3v) is 3.40. The van der Waals surface area contributed by atoms with Crippen LogP contribution in [0.4, 0.5) is 5.69 Å². The van der Waals surface area contributed by atoms with Crippen molar-refractivity contribution in [2.45, 2.75) is 26.2 Å². The van der Waals surface area contributed by atoms with E-state index in [9.17, 15) is 0 Å². The Morgan fingerprint density at radius 1 is 1.41 bits per heavy atom. The second-order valence-corrected chi connectivity index (χ2v) is 5.33. The molecule has 1 heterocycles. The average Bonchev–Trinajstić information content (AvgIpc) is 2.76. The van der Waals surface area contributed by atoms with Crippen molar-refractivity contribution in [3.63, 3.8) is 0 Å². The van der Waals surface area contributed by atoms with E-state index in [1.54, 1.807) is 0 Å². The second kappa shape index (κ2) is 3.32. The minimum absolute atomic E-state index is 0.316. The summed E-state index contributed by atoms with van der Waals surface area (Å²) in [6.07, 6.45) is 1.13. The van der Waals surface area contributed by atoms with Crippen LogP contribution in [0.25, 0.3) is 11.5 Å². The molecule has 1 aliphatic rings. The largest absolute Gasteiger partial charge is 0.399 e. The molecule has 4 nitrogen and oxygen atoms in total.